The van der Waals surface area contributed by atoms with E-state index in [-0.39, 0.29) is 17.2 Å². The third-order valence-electron chi connectivity index (χ3n) is 3.62. The molecule has 0 radical (unpaired) electrons. The molecule has 4 rings (SSSR count). The lowest BCUT2D eigenvalue weighted by molar-refractivity contribution is 0.476. The van der Waals surface area contributed by atoms with Gasteiger partial charge in [0.15, 0.2) is 0 Å². The smallest absolute Gasteiger partial charge is 0.233 e. The number of phenolic OH excluding ortho intramolecular Hbond substituents is 2. The molecule has 21 heavy (non-hydrogen) atoms. The van der Waals surface area contributed by atoms with Crippen molar-refractivity contribution in [2.24, 2.45) is 0 Å². The average Bonchev–Trinajstić information content (AvgIpc) is 2.85. The topological polar surface area (TPSA) is 58.0 Å². The first-order valence-electron chi connectivity index (χ1n) is 6.36. The second-order valence-corrected chi connectivity index (χ2v) is 4.90. The lowest BCUT2D eigenvalue weighted by atomic mass is 10.1. The van der Waals surface area contributed by atoms with Crippen LogP contribution in [0, 0.1) is 6.57 Å². The van der Waals surface area contributed by atoms with Gasteiger partial charge in [-0.25, -0.2) is 4.85 Å². The van der Waals surface area contributed by atoms with E-state index < -0.39 is 0 Å². The number of hydrogen-bond donors (Lipinski definition) is 2. The van der Waals surface area contributed by atoms with Crippen molar-refractivity contribution in [2.45, 2.75) is 0 Å². The molecule has 1 heterocycles. The number of furan rings is 1. The van der Waals surface area contributed by atoms with Gasteiger partial charge in [-0.1, -0.05) is 12.1 Å². The van der Waals surface area contributed by atoms with E-state index in [2.05, 4.69) is 4.85 Å². The fourth-order valence-corrected chi connectivity index (χ4v) is 2.69. The zero-order chi connectivity index (χ0) is 14.6. The number of hydrogen-bond acceptors (Lipinski definition) is 3. The van der Waals surface area contributed by atoms with Gasteiger partial charge in [0.05, 0.1) is 6.57 Å². The van der Waals surface area contributed by atoms with Gasteiger partial charge in [-0.2, -0.15) is 0 Å². The van der Waals surface area contributed by atoms with Crippen molar-refractivity contribution in [3.8, 4) is 11.5 Å². The molecule has 0 aliphatic carbocycles. The quantitative estimate of drug-likeness (QED) is 0.457. The summed E-state index contributed by atoms with van der Waals surface area (Å²) in [5.41, 5.74) is 1.33. The number of nitrogens with zero attached hydrogens (tertiary/aromatic N) is 1. The minimum absolute atomic E-state index is 0.0344. The number of phenols is 2. The van der Waals surface area contributed by atoms with E-state index in [0.29, 0.717) is 16.6 Å². The van der Waals surface area contributed by atoms with Crippen molar-refractivity contribution < 1.29 is 14.6 Å². The molecule has 100 valence electrons. The van der Waals surface area contributed by atoms with Gasteiger partial charge in [0.1, 0.15) is 22.7 Å². The molecule has 3 aromatic carbocycles. The molecule has 0 unspecified atom stereocenters. The Balaban J connectivity index is 2.29. The molecule has 0 aliphatic heterocycles. The Hall–Kier alpha value is -3.19. The first-order chi connectivity index (χ1) is 10.2. The first-order valence-corrected chi connectivity index (χ1v) is 6.36. The van der Waals surface area contributed by atoms with E-state index in [1.54, 1.807) is 18.2 Å². The summed E-state index contributed by atoms with van der Waals surface area (Å²) in [4.78, 5) is 3.40. The maximum absolute atomic E-state index is 9.75. The Labute approximate surface area is 119 Å². The number of fused-ring (bicyclic) bond motifs is 5. The van der Waals surface area contributed by atoms with Gasteiger partial charge in [0.25, 0.3) is 0 Å². The summed E-state index contributed by atoms with van der Waals surface area (Å²) in [6, 6.07) is 11.9. The second-order valence-electron chi connectivity index (χ2n) is 4.90. The lowest BCUT2D eigenvalue weighted by Crippen LogP contribution is -1.74. The highest BCUT2D eigenvalue weighted by molar-refractivity contribution is 6.17. The number of benzene rings is 3. The minimum Gasteiger partial charge on any atom is -0.509 e. The molecule has 0 bridgehead atoms. The van der Waals surface area contributed by atoms with Gasteiger partial charge in [0.2, 0.25) is 5.69 Å². The molecule has 0 amide bonds. The van der Waals surface area contributed by atoms with E-state index in [1.807, 2.05) is 18.2 Å². The molecule has 0 spiro atoms. The zero-order valence-electron chi connectivity index (χ0n) is 10.8. The van der Waals surface area contributed by atoms with Crippen molar-refractivity contribution in [1.82, 2.24) is 0 Å². The zero-order valence-corrected chi connectivity index (χ0v) is 10.8. The van der Waals surface area contributed by atoms with E-state index >= 15 is 0 Å². The fourth-order valence-electron chi connectivity index (χ4n) is 2.69. The van der Waals surface area contributed by atoms with Crippen LogP contribution in [0.4, 0.5) is 5.69 Å². The highest BCUT2D eigenvalue weighted by Crippen LogP contribution is 2.40. The second kappa shape index (κ2) is 3.90. The van der Waals surface area contributed by atoms with E-state index in [9.17, 15) is 10.2 Å². The summed E-state index contributed by atoms with van der Waals surface area (Å²) in [5, 5.41) is 22.7. The average molecular weight is 275 g/mol. The summed E-state index contributed by atoms with van der Waals surface area (Å²) in [7, 11) is 0. The number of aromatic hydroxyl groups is 2. The van der Waals surface area contributed by atoms with Crippen LogP contribution in [0.25, 0.3) is 37.6 Å². The maximum atomic E-state index is 9.75. The third-order valence-corrected chi connectivity index (χ3v) is 3.62. The van der Waals surface area contributed by atoms with Crippen LogP contribution in [0.1, 0.15) is 0 Å². The molecule has 4 heteroatoms. The fraction of sp³-hybridized carbons (Fsp3) is 0. The summed E-state index contributed by atoms with van der Waals surface area (Å²) >= 11 is 0. The van der Waals surface area contributed by atoms with Gasteiger partial charge in [-0.3, -0.25) is 0 Å². The van der Waals surface area contributed by atoms with Crippen LogP contribution in [0.5, 0.6) is 11.5 Å². The van der Waals surface area contributed by atoms with Gasteiger partial charge in [-0.05, 0) is 35.7 Å². The van der Waals surface area contributed by atoms with Crippen molar-refractivity contribution in [3.05, 3.63) is 53.9 Å². The SMILES string of the molecule is [C-]#[N+]c1cc(O)cc2c1oc1c3cc(O)ccc3ccc21. The van der Waals surface area contributed by atoms with Gasteiger partial charge in [0, 0.05) is 16.2 Å². The molecule has 4 nitrogen and oxygen atoms in total. The molecular weight excluding hydrogens is 266 g/mol. The highest BCUT2D eigenvalue weighted by atomic mass is 16.3. The van der Waals surface area contributed by atoms with Crippen LogP contribution in [0.3, 0.4) is 0 Å². The Kier molecular flexibility index (Phi) is 2.16. The highest BCUT2D eigenvalue weighted by Gasteiger charge is 2.14. The number of rotatable bonds is 0. The normalized spacial score (nSPS) is 11.2. The van der Waals surface area contributed by atoms with E-state index in [4.69, 9.17) is 11.0 Å². The van der Waals surface area contributed by atoms with Crippen molar-refractivity contribution in [2.75, 3.05) is 0 Å². The first kappa shape index (κ1) is 11.6. The predicted octanol–water partition coefficient (Wildman–Crippen LogP) is 4.70. The Morgan fingerprint density at radius 2 is 1.57 bits per heavy atom. The minimum atomic E-state index is 0.0344. The van der Waals surface area contributed by atoms with Gasteiger partial charge < -0.3 is 14.6 Å². The molecule has 1 aromatic heterocycles. The Bertz CT molecular complexity index is 1070. The molecule has 4 aromatic rings. The summed E-state index contributed by atoms with van der Waals surface area (Å²) in [6.45, 7) is 7.21. The van der Waals surface area contributed by atoms with E-state index in [0.717, 1.165) is 16.2 Å². The molecule has 2 N–H and O–H groups in total. The Morgan fingerprint density at radius 1 is 0.810 bits per heavy atom. The molecule has 0 saturated heterocycles. The summed E-state index contributed by atoms with van der Waals surface area (Å²) < 4.78 is 5.86. The predicted molar refractivity (Wildman–Crippen MR) is 80.8 cm³/mol. The third kappa shape index (κ3) is 1.55. The summed E-state index contributed by atoms with van der Waals surface area (Å²) in [5.74, 6) is 0.191. The maximum Gasteiger partial charge on any atom is 0.233 e. The van der Waals surface area contributed by atoms with Crippen LogP contribution in [0.15, 0.2) is 46.9 Å². The Morgan fingerprint density at radius 3 is 2.38 bits per heavy atom. The van der Waals surface area contributed by atoms with E-state index in [1.165, 1.54) is 6.07 Å². The molecule has 0 fully saturated rings. The van der Waals surface area contributed by atoms with Crippen molar-refractivity contribution >= 4 is 38.4 Å². The van der Waals surface area contributed by atoms with Crippen LogP contribution in [-0.4, -0.2) is 10.2 Å². The van der Waals surface area contributed by atoms with Crippen molar-refractivity contribution in [1.29, 1.82) is 0 Å². The monoisotopic (exact) mass is 275 g/mol. The molecule has 0 aliphatic rings. The van der Waals surface area contributed by atoms with Crippen LogP contribution >= 0.6 is 0 Å². The lowest BCUT2D eigenvalue weighted by Gasteiger charge is -1.99. The van der Waals surface area contributed by atoms with Gasteiger partial charge in [-0.15, -0.1) is 0 Å². The van der Waals surface area contributed by atoms with Crippen LogP contribution < -0.4 is 0 Å². The molecule has 0 atom stereocenters. The van der Waals surface area contributed by atoms with Crippen LogP contribution in [-0.2, 0) is 0 Å². The standard InChI is InChI=1S/C17H9NO3/c1-18-15-8-11(20)7-14-12-5-3-9-2-4-10(19)6-13(9)16(12)21-17(14)15/h2-8,19-20H. The van der Waals surface area contributed by atoms with Gasteiger partial charge >= 0.3 is 0 Å². The largest absolute Gasteiger partial charge is 0.509 e. The summed E-state index contributed by atoms with van der Waals surface area (Å²) in [6.07, 6.45) is 0. The van der Waals surface area contributed by atoms with Crippen molar-refractivity contribution in [3.63, 3.8) is 0 Å². The molecular formula is C17H9NO3. The van der Waals surface area contributed by atoms with Crippen LogP contribution in [0.2, 0.25) is 0 Å². The molecule has 0 saturated carbocycles.